The molecule has 1 aromatic carbocycles. The molecule has 3 heteroatoms. The van der Waals surface area contributed by atoms with Crippen LogP contribution in [0, 0.1) is 0 Å². The van der Waals surface area contributed by atoms with Crippen molar-refractivity contribution in [2.45, 2.75) is 38.1 Å². The van der Waals surface area contributed by atoms with Crippen molar-refractivity contribution in [1.29, 1.82) is 0 Å². The maximum Gasteiger partial charge on any atom is 0.0607 e. The molecule has 1 saturated heterocycles. The van der Waals surface area contributed by atoms with E-state index in [1.54, 1.807) is 0 Å². The van der Waals surface area contributed by atoms with Crippen LogP contribution in [-0.2, 0) is 12.8 Å². The molecule has 1 aliphatic heterocycles. The summed E-state index contributed by atoms with van der Waals surface area (Å²) in [6, 6.07) is 12.9. The van der Waals surface area contributed by atoms with Gasteiger partial charge in [0.2, 0.25) is 0 Å². The first-order chi connectivity index (χ1) is 10.7. The van der Waals surface area contributed by atoms with Crippen molar-refractivity contribution in [2.75, 3.05) is 13.6 Å². The maximum atomic E-state index is 6.08. The van der Waals surface area contributed by atoms with E-state index >= 15 is 0 Å². The number of nitrogens with zero attached hydrogens (tertiary/aromatic N) is 2. The normalized spacial score (nSPS) is 19.3. The van der Waals surface area contributed by atoms with Gasteiger partial charge in [0.1, 0.15) is 0 Å². The molecule has 1 aromatic heterocycles. The van der Waals surface area contributed by atoms with E-state index in [1.807, 2.05) is 18.3 Å². The van der Waals surface area contributed by atoms with Gasteiger partial charge in [0.15, 0.2) is 0 Å². The zero-order valence-corrected chi connectivity index (χ0v) is 13.9. The fraction of sp³-hybridized carbons (Fsp3) is 0.421. The zero-order chi connectivity index (χ0) is 15.4. The Morgan fingerprint density at radius 2 is 2.09 bits per heavy atom. The molecule has 0 spiro atoms. The van der Waals surface area contributed by atoms with Gasteiger partial charge in [-0.25, -0.2) is 0 Å². The number of pyridine rings is 1. The molecule has 2 nitrogen and oxygen atoms in total. The molecule has 1 fully saturated rings. The molecule has 116 valence electrons. The Labute approximate surface area is 138 Å². The first-order valence-corrected chi connectivity index (χ1v) is 8.50. The summed E-state index contributed by atoms with van der Waals surface area (Å²) >= 11 is 6.08. The summed E-state index contributed by atoms with van der Waals surface area (Å²) in [6.45, 7) is 1.18. The predicted molar refractivity (Wildman–Crippen MR) is 92.3 cm³/mol. The summed E-state index contributed by atoms with van der Waals surface area (Å²) in [4.78, 5) is 7.17. The maximum absolute atomic E-state index is 6.08. The molecule has 0 saturated carbocycles. The Morgan fingerprint density at radius 3 is 2.91 bits per heavy atom. The number of hydrogen-bond acceptors (Lipinski definition) is 2. The van der Waals surface area contributed by atoms with E-state index < -0.39 is 0 Å². The molecule has 2 heterocycles. The van der Waals surface area contributed by atoms with Crippen LogP contribution in [0.4, 0.5) is 0 Å². The highest BCUT2D eigenvalue weighted by Crippen LogP contribution is 2.30. The van der Waals surface area contributed by atoms with Gasteiger partial charge in [-0.3, -0.25) is 9.88 Å². The first kappa shape index (κ1) is 15.5. The lowest BCUT2D eigenvalue weighted by Gasteiger charge is -2.33. The summed E-state index contributed by atoms with van der Waals surface area (Å²) in [7, 11) is 2.22. The number of piperidine rings is 1. The summed E-state index contributed by atoms with van der Waals surface area (Å²) in [5.41, 5.74) is 3.94. The van der Waals surface area contributed by atoms with Crippen molar-refractivity contribution >= 4 is 11.6 Å². The molecular weight excluding hydrogens is 292 g/mol. The monoisotopic (exact) mass is 314 g/mol. The van der Waals surface area contributed by atoms with Crippen molar-refractivity contribution in [2.24, 2.45) is 0 Å². The summed E-state index contributed by atoms with van der Waals surface area (Å²) in [5, 5.41) is 0.816. The Kier molecular flexibility index (Phi) is 5.12. The number of rotatable bonds is 4. The Hall–Kier alpha value is -1.38. The Balaban J connectivity index is 1.76. The van der Waals surface area contributed by atoms with Crippen LogP contribution in [0.5, 0.6) is 0 Å². The molecule has 0 N–H and O–H groups in total. The van der Waals surface area contributed by atoms with Gasteiger partial charge in [-0.1, -0.05) is 36.2 Å². The molecule has 22 heavy (non-hydrogen) atoms. The molecule has 3 rings (SSSR count). The van der Waals surface area contributed by atoms with Crippen LogP contribution in [0.2, 0.25) is 5.02 Å². The van der Waals surface area contributed by atoms with Gasteiger partial charge >= 0.3 is 0 Å². The summed E-state index contributed by atoms with van der Waals surface area (Å²) in [5.74, 6) is 0. The smallest absolute Gasteiger partial charge is 0.0607 e. The molecule has 0 radical (unpaired) electrons. The van der Waals surface area contributed by atoms with Crippen LogP contribution in [0.1, 0.15) is 42.1 Å². The molecule has 0 aliphatic carbocycles. The van der Waals surface area contributed by atoms with Gasteiger partial charge in [0.25, 0.3) is 0 Å². The second-order valence-corrected chi connectivity index (χ2v) is 6.61. The highest BCUT2D eigenvalue weighted by atomic mass is 35.5. The average molecular weight is 315 g/mol. The van der Waals surface area contributed by atoms with E-state index in [4.69, 9.17) is 16.6 Å². The van der Waals surface area contributed by atoms with E-state index in [0.717, 1.165) is 17.9 Å². The van der Waals surface area contributed by atoms with Gasteiger partial charge in [-0.15, -0.1) is 0 Å². The topological polar surface area (TPSA) is 16.1 Å². The largest absolute Gasteiger partial charge is 0.298 e. The Morgan fingerprint density at radius 1 is 1.18 bits per heavy atom. The lowest BCUT2D eigenvalue weighted by Crippen LogP contribution is -2.31. The number of halogens is 1. The van der Waals surface area contributed by atoms with Crippen LogP contribution in [0.25, 0.3) is 0 Å². The minimum atomic E-state index is 0.476. The van der Waals surface area contributed by atoms with Crippen LogP contribution < -0.4 is 0 Å². The van der Waals surface area contributed by atoms with Crippen LogP contribution in [-0.4, -0.2) is 23.5 Å². The highest BCUT2D eigenvalue weighted by molar-refractivity contribution is 6.30. The van der Waals surface area contributed by atoms with Crippen molar-refractivity contribution in [3.05, 3.63) is 64.4 Å². The van der Waals surface area contributed by atoms with E-state index in [1.165, 1.54) is 42.6 Å². The van der Waals surface area contributed by atoms with E-state index in [9.17, 15) is 0 Å². The highest BCUT2D eigenvalue weighted by Gasteiger charge is 2.23. The van der Waals surface area contributed by atoms with Crippen LogP contribution in [0.15, 0.2) is 42.6 Å². The summed E-state index contributed by atoms with van der Waals surface area (Å²) < 4.78 is 0. The van der Waals surface area contributed by atoms with Gasteiger partial charge in [0.05, 0.1) is 11.7 Å². The zero-order valence-electron chi connectivity index (χ0n) is 13.1. The second-order valence-electron chi connectivity index (χ2n) is 6.17. The third kappa shape index (κ3) is 3.68. The molecular formula is C19H23ClN2. The third-order valence-corrected chi connectivity index (χ3v) is 4.82. The van der Waals surface area contributed by atoms with Gasteiger partial charge in [-0.2, -0.15) is 0 Å². The second kappa shape index (κ2) is 7.26. The summed E-state index contributed by atoms with van der Waals surface area (Å²) in [6.07, 6.45) is 7.79. The predicted octanol–water partition coefficient (Wildman–Crippen LogP) is 4.68. The molecule has 1 aliphatic rings. The number of aromatic nitrogens is 1. The van der Waals surface area contributed by atoms with Crippen LogP contribution in [0.3, 0.4) is 0 Å². The van der Waals surface area contributed by atoms with Gasteiger partial charge in [-0.05, 0) is 68.6 Å². The van der Waals surface area contributed by atoms with Crippen molar-refractivity contribution in [3.8, 4) is 0 Å². The van der Waals surface area contributed by atoms with Gasteiger partial charge < -0.3 is 0 Å². The Bertz CT molecular complexity index is 626. The number of hydrogen-bond donors (Lipinski definition) is 0. The molecule has 2 aromatic rings. The molecule has 0 bridgehead atoms. The number of benzene rings is 1. The lowest BCUT2D eigenvalue weighted by molar-refractivity contribution is 0.182. The number of likely N-dealkylation sites (tertiary alicyclic amines) is 1. The van der Waals surface area contributed by atoms with E-state index in [-0.39, 0.29) is 0 Å². The number of aryl methyl sites for hydroxylation is 2. The standard InChI is InChI=1S/C19H23ClN2/c1-22-13-3-2-9-18(22)19-16(7-5-12-21-19)11-10-15-6-4-8-17(20)14-15/h4-8,12,14,18H,2-3,9-11,13H2,1H3. The molecule has 1 atom stereocenters. The first-order valence-electron chi connectivity index (χ1n) is 8.12. The molecule has 0 amide bonds. The fourth-order valence-electron chi connectivity index (χ4n) is 3.35. The fourth-order valence-corrected chi connectivity index (χ4v) is 3.57. The van der Waals surface area contributed by atoms with E-state index in [2.05, 4.69) is 36.2 Å². The quantitative estimate of drug-likeness (QED) is 0.814. The average Bonchev–Trinajstić information content (AvgIpc) is 2.54. The van der Waals surface area contributed by atoms with Crippen molar-refractivity contribution in [3.63, 3.8) is 0 Å². The minimum absolute atomic E-state index is 0.476. The molecule has 1 unspecified atom stereocenters. The lowest BCUT2D eigenvalue weighted by atomic mass is 9.94. The SMILES string of the molecule is CN1CCCCC1c1ncccc1CCc1cccc(Cl)c1. The van der Waals surface area contributed by atoms with Crippen molar-refractivity contribution < 1.29 is 0 Å². The van der Waals surface area contributed by atoms with Crippen LogP contribution >= 0.6 is 11.6 Å². The minimum Gasteiger partial charge on any atom is -0.298 e. The van der Waals surface area contributed by atoms with E-state index in [0.29, 0.717) is 6.04 Å². The van der Waals surface area contributed by atoms with Gasteiger partial charge in [0, 0.05) is 11.2 Å². The van der Waals surface area contributed by atoms with Crippen molar-refractivity contribution in [1.82, 2.24) is 9.88 Å². The third-order valence-electron chi connectivity index (χ3n) is 4.58.